The molecule has 0 amide bonds. The molecule has 0 radical (unpaired) electrons. The Hall–Kier alpha value is -8.42. The first-order chi connectivity index (χ1) is 41.4. The smallest absolute Gasteiger partial charge is 0.205 e. The number of aryl methyl sites for hydroxylation is 3. The lowest BCUT2D eigenvalue weighted by Gasteiger charge is -2.18. The van der Waals surface area contributed by atoms with Crippen molar-refractivity contribution < 1.29 is 88.0 Å². The number of hydrogen-bond donors (Lipinski definition) is 0. The van der Waals surface area contributed by atoms with Crippen LogP contribution in [-0.4, -0.2) is 0 Å². The Morgan fingerprint density at radius 1 is 0.253 bits per heavy atom. The van der Waals surface area contributed by atoms with Crippen molar-refractivity contribution in [3.8, 4) is 0 Å². The number of fused-ring (bicyclic) bond motifs is 6. The summed E-state index contributed by atoms with van der Waals surface area (Å²) in [5.41, 5.74) is 1.14. The number of halogens is 14. The van der Waals surface area contributed by atoms with Crippen LogP contribution in [0.25, 0.3) is 65.8 Å². The van der Waals surface area contributed by atoms with Crippen LogP contribution in [0, 0.1) is 102 Å². The van der Waals surface area contributed by atoms with E-state index < -0.39 is 86.6 Å². The second-order valence-corrected chi connectivity index (χ2v) is 17.3. The van der Waals surface area contributed by atoms with Crippen molar-refractivity contribution in [2.24, 2.45) is 0 Å². The van der Waals surface area contributed by atoms with Gasteiger partial charge in [-0.15, -0.1) is 0 Å². The third-order valence-corrected chi connectivity index (χ3v) is 11.1. The third kappa shape index (κ3) is 18.8. The Labute approximate surface area is 496 Å². The summed E-state index contributed by atoms with van der Waals surface area (Å²) in [7, 11) is 0. The lowest BCUT2D eigenvalue weighted by atomic mass is 9.86. The average Bonchev–Trinajstić information content (AvgIpc) is 2.92. The van der Waals surface area contributed by atoms with Gasteiger partial charge in [-0.3, -0.25) is 0 Å². The minimum Gasteiger partial charge on any atom is -0.461 e. The van der Waals surface area contributed by atoms with Gasteiger partial charge >= 0.3 is 0 Å². The number of benzene rings is 6. The van der Waals surface area contributed by atoms with Crippen molar-refractivity contribution in [3.63, 3.8) is 0 Å². The topological polar surface area (TPSA) is 78.8 Å². The molecule has 6 heterocycles. The molecule has 0 spiro atoms. The van der Waals surface area contributed by atoms with Crippen LogP contribution in [0.5, 0.6) is 0 Å². The van der Waals surface area contributed by atoms with Gasteiger partial charge in [-0.05, 0) is 115 Å². The number of hydrogen-bond acceptors (Lipinski definition) is 6. The molecule has 6 aromatic heterocycles. The highest BCUT2D eigenvalue weighted by molar-refractivity contribution is 5.82. The molecule has 0 bridgehead atoms. The van der Waals surface area contributed by atoms with E-state index in [2.05, 4.69) is 29.6 Å². The Bertz CT molecular complexity index is 3790. The van der Waals surface area contributed by atoms with Gasteiger partial charge in [-0.1, -0.05) is 104 Å². The molecule has 12 aromatic rings. The fraction of sp³-hybridized carbons (Fsp3) is 0.284. The van der Waals surface area contributed by atoms with Gasteiger partial charge in [0.2, 0.25) is 29.1 Å². The minimum absolute atomic E-state index is 0.0156. The summed E-state index contributed by atoms with van der Waals surface area (Å²) in [6, 6.07) is 16.9. The van der Waals surface area contributed by atoms with Gasteiger partial charge in [0.15, 0.2) is 74.2 Å². The zero-order valence-electron chi connectivity index (χ0n) is 51.6. The van der Waals surface area contributed by atoms with Gasteiger partial charge in [0.1, 0.15) is 11.6 Å². The molecule has 0 saturated carbocycles. The van der Waals surface area contributed by atoms with Crippen molar-refractivity contribution in [3.05, 3.63) is 214 Å². The second kappa shape index (κ2) is 36.5. The first kappa shape index (κ1) is 76.6. The summed E-state index contributed by atoms with van der Waals surface area (Å²) in [5.74, 6) is -14.6. The molecule has 0 fully saturated rings. The molecule has 6 nitrogen and oxygen atoms in total. The third-order valence-electron chi connectivity index (χ3n) is 11.1. The van der Waals surface area contributed by atoms with Gasteiger partial charge in [0.05, 0.1) is 53.7 Å². The highest BCUT2D eigenvalue weighted by Gasteiger charge is 2.23. The summed E-state index contributed by atoms with van der Waals surface area (Å²) >= 11 is 0. The Morgan fingerprint density at radius 2 is 0.575 bits per heavy atom. The van der Waals surface area contributed by atoms with Crippen LogP contribution < -0.4 is 0 Å². The maximum atomic E-state index is 13.5. The van der Waals surface area contributed by atoms with E-state index in [1.807, 2.05) is 89.2 Å². The van der Waals surface area contributed by atoms with Crippen LogP contribution in [0.2, 0.25) is 0 Å². The molecule has 0 aliphatic heterocycles. The van der Waals surface area contributed by atoms with Crippen LogP contribution in [-0.2, 0) is 5.41 Å². The van der Waals surface area contributed by atoms with Crippen molar-refractivity contribution in [1.29, 1.82) is 0 Å². The fourth-order valence-electron chi connectivity index (χ4n) is 7.12. The van der Waals surface area contributed by atoms with Crippen LogP contribution in [0.15, 0.2) is 137 Å². The van der Waals surface area contributed by atoms with E-state index in [-0.39, 0.29) is 44.3 Å². The molecule has 20 heteroatoms. The lowest BCUT2D eigenvalue weighted by molar-refractivity contribution is 0.410. The molecule has 87 heavy (non-hydrogen) atoms. The van der Waals surface area contributed by atoms with E-state index in [4.69, 9.17) is 17.7 Å². The predicted molar refractivity (Wildman–Crippen MR) is 318 cm³/mol. The summed E-state index contributed by atoms with van der Waals surface area (Å²) in [4.78, 5) is 0. The lowest BCUT2D eigenvalue weighted by Crippen LogP contribution is -2.11. The first-order valence-electron chi connectivity index (χ1n) is 27.7. The van der Waals surface area contributed by atoms with Crippen molar-refractivity contribution in [2.45, 2.75) is 130 Å². The maximum Gasteiger partial charge on any atom is 0.205 e. The highest BCUT2D eigenvalue weighted by atomic mass is 19.2. The normalized spacial score (nSPS) is 10.1. The second-order valence-electron chi connectivity index (χ2n) is 17.3. The number of rotatable bonds is 0. The number of furan rings is 6. The van der Waals surface area contributed by atoms with Crippen LogP contribution in [0.3, 0.4) is 0 Å². The van der Waals surface area contributed by atoms with Crippen LogP contribution in [0.4, 0.5) is 61.5 Å². The van der Waals surface area contributed by atoms with Gasteiger partial charge in [-0.2, -0.15) is 17.6 Å². The molecule has 0 N–H and O–H groups in total. The molecule has 12 rings (SSSR count). The molecule has 0 atom stereocenters. The van der Waals surface area contributed by atoms with Crippen molar-refractivity contribution >= 4 is 65.8 Å². The van der Waals surface area contributed by atoms with Crippen LogP contribution >= 0.6 is 0 Å². The Balaban J connectivity index is 0.000000504. The molecular weight excluding hydrogens is 1170 g/mol. The summed E-state index contributed by atoms with van der Waals surface area (Å²) in [6.07, 6.45) is 7.53. The van der Waals surface area contributed by atoms with E-state index in [0.717, 1.165) is 35.6 Å². The molecule has 0 aliphatic carbocycles. The zero-order chi connectivity index (χ0) is 66.8. The van der Waals surface area contributed by atoms with E-state index in [9.17, 15) is 61.5 Å². The average molecular weight is 1240 g/mol. The molecule has 0 aliphatic rings. The summed E-state index contributed by atoms with van der Waals surface area (Å²) in [5, 5.41) is 1.76. The standard InChI is InChI=1S/C12H13FO.3C9H6F2O.C8H2F4O.C8H3F3O.6C2H6/c1-12(2,3)9-6-8-4-5-14-11(8)10(13)7-9;1-5-4-7(10)9-6(8(5)11)2-3-12-9;2*1-5-4-6-2-3-12-9(6)8(11)7(5)10;9-4-3-1-2-13-8(3)7(12)6(11)5(4)10;9-5-3-6(10)7(11)8-4(5)1-2-12-8;6*1-2/h4-7H,1-3H3;3*2-4H,1H3;1-2H;1-3H;6*1-2H3. The van der Waals surface area contributed by atoms with Gasteiger partial charge < -0.3 is 26.5 Å². The monoisotopic (exact) mass is 1240 g/mol. The summed E-state index contributed by atoms with van der Waals surface area (Å²) in [6.45, 7) is 34.7. The highest BCUT2D eigenvalue weighted by Crippen LogP contribution is 2.31. The SMILES string of the molecule is CC.CC.CC.CC.CC.CC.CC(C)(C)c1cc(F)c2occc2c1.Cc1cc(F)c2occc2c1F.Cc1cc2ccoc2c(F)c1F.Cc1cc2ccoc2c(F)c1F.Fc1c(F)c(F)c2occc2c1F.Fc1cc(F)c2ccoc2c1F. The van der Waals surface area contributed by atoms with Crippen molar-refractivity contribution in [1.82, 2.24) is 0 Å². The van der Waals surface area contributed by atoms with Crippen molar-refractivity contribution in [2.75, 3.05) is 0 Å². The van der Waals surface area contributed by atoms with Gasteiger partial charge in [0, 0.05) is 22.2 Å². The quantitative estimate of drug-likeness (QED) is 0.0855. The molecular formula is C67H72F14O6. The first-order valence-corrected chi connectivity index (χ1v) is 27.7. The van der Waals surface area contributed by atoms with E-state index in [1.54, 1.807) is 36.4 Å². The maximum absolute atomic E-state index is 13.5. The van der Waals surface area contributed by atoms with E-state index in [1.165, 1.54) is 58.0 Å². The summed E-state index contributed by atoms with van der Waals surface area (Å²) < 4.78 is 209. The van der Waals surface area contributed by atoms with E-state index in [0.29, 0.717) is 39.1 Å². The fourth-order valence-corrected chi connectivity index (χ4v) is 7.12. The molecule has 6 aromatic carbocycles. The molecule has 0 saturated heterocycles. The zero-order valence-corrected chi connectivity index (χ0v) is 51.6. The Morgan fingerprint density at radius 3 is 1.02 bits per heavy atom. The Kier molecular flexibility index (Phi) is 32.2. The minimum atomic E-state index is -1.86. The van der Waals surface area contributed by atoms with Gasteiger partial charge in [0.25, 0.3) is 0 Å². The van der Waals surface area contributed by atoms with E-state index >= 15 is 0 Å². The molecule has 474 valence electrons. The predicted octanol–water partition coefficient (Wildman–Crippen LogP) is 24.9. The van der Waals surface area contributed by atoms with Crippen LogP contribution in [0.1, 0.15) is 126 Å². The molecule has 0 unspecified atom stereocenters. The van der Waals surface area contributed by atoms with Gasteiger partial charge in [-0.25, -0.2) is 43.9 Å². The largest absolute Gasteiger partial charge is 0.461 e.